The van der Waals surface area contributed by atoms with E-state index in [1.165, 1.54) is 65.6 Å². The molecule has 0 amide bonds. The van der Waals surface area contributed by atoms with Crippen LogP contribution in [0.3, 0.4) is 0 Å². The molecule has 0 saturated heterocycles. The van der Waals surface area contributed by atoms with Gasteiger partial charge in [0.1, 0.15) is 5.58 Å². The fraction of sp³-hybridized carbons (Fsp3) is 0. The molecular formula is C52H32N2O. The fourth-order valence-electron chi connectivity index (χ4n) is 8.92. The van der Waals surface area contributed by atoms with Crippen LogP contribution in [0.25, 0.3) is 110 Å². The lowest BCUT2D eigenvalue weighted by Gasteiger charge is -2.10. The zero-order valence-corrected chi connectivity index (χ0v) is 29.8. The number of fused-ring (bicyclic) bond motifs is 10. The molecule has 0 saturated carbocycles. The molecule has 0 fully saturated rings. The average Bonchev–Trinajstić information content (AvgIpc) is 3.90. The predicted molar refractivity (Wildman–Crippen MR) is 231 cm³/mol. The van der Waals surface area contributed by atoms with Crippen molar-refractivity contribution in [2.75, 3.05) is 0 Å². The highest BCUT2D eigenvalue weighted by Crippen LogP contribution is 2.42. The van der Waals surface area contributed by atoms with Crippen molar-refractivity contribution in [1.82, 2.24) is 9.13 Å². The second kappa shape index (κ2) is 11.6. The Morgan fingerprint density at radius 1 is 0.309 bits per heavy atom. The Kier molecular flexibility index (Phi) is 6.34. The van der Waals surface area contributed by atoms with Gasteiger partial charge >= 0.3 is 0 Å². The maximum atomic E-state index is 6.63. The molecule has 0 radical (unpaired) electrons. The average molecular weight is 701 g/mol. The van der Waals surface area contributed by atoms with Gasteiger partial charge < -0.3 is 13.6 Å². The van der Waals surface area contributed by atoms with Gasteiger partial charge in [0.25, 0.3) is 0 Å². The van der Waals surface area contributed by atoms with E-state index in [4.69, 9.17) is 4.42 Å². The maximum absolute atomic E-state index is 6.63. The summed E-state index contributed by atoms with van der Waals surface area (Å²) >= 11 is 0. The Hall–Kier alpha value is -7.36. The van der Waals surface area contributed by atoms with Crippen molar-refractivity contribution < 1.29 is 4.42 Å². The molecular weight excluding hydrogens is 669 g/mol. The van der Waals surface area contributed by atoms with Crippen molar-refractivity contribution in [3.8, 4) is 33.6 Å². The van der Waals surface area contributed by atoms with Crippen LogP contribution in [-0.4, -0.2) is 9.13 Å². The van der Waals surface area contributed by atoms with E-state index < -0.39 is 0 Å². The first-order chi connectivity index (χ1) is 27.3. The van der Waals surface area contributed by atoms with Crippen LogP contribution >= 0.6 is 0 Å². The summed E-state index contributed by atoms with van der Waals surface area (Å²) in [5.41, 5.74) is 13.4. The van der Waals surface area contributed by atoms with Crippen molar-refractivity contribution in [2.24, 2.45) is 0 Å². The second-order valence-electron chi connectivity index (χ2n) is 14.5. The summed E-state index contributed by atoms with van der Waals surface area (Å²) in [5.74, 6) is 0. The van der Waals surface area contributed by atoms with Crippen molar-refractivity contribution in [1.29, 1.82) is 0 Å². The summed E-state index contributed by atoms with van der Waals surface area (Å²) < 4.78 is 11.4. The zero-order chi connectivity index (χ0) is 36.0. The largest absolute Gasteiger partial charge is 0.454 e. The first kappa shape index (κ1) is 30.1. The van der Waals surface area contributed by atoms with E-state index in [1.54, 1.807) is 0 Å². The third kappa shape index (κ3) is 4.50. The number of hydrogen-bond donors (Lipinski definition) is 0. The molecule has 0 aliphatic heterocycles. The molecule has 0 spiro atoms. The van der Waals surface area contributed by atoms with Gasteiger partial charge in [0, 0.05) is 38.0 Å². The number of furan rings is 1. The summed E-state index contributed by atoms with van der Waals surface area (Å²) in [4.78, 5) is 0. The standard InChI is InChI=1S/C52H32N2O/c1-3-12-33(13-4-1)38-22-25-40-43-29-36(24-27-47(43)54(49(40)32-38)48-20-11-19-42-41-18-9-10-21-51(41)55-52(42)48)37-23-26-46-44(30-37)45-28-34-14-7-8-15-35(34)31-50(45)53(46)39-16-5-2-6-17-39/h1-32H. The molecule has 0 aliphatic carbocycles. The monoisotopic (exact) mass is 700 g/mol. The number of aromatic nitrogens is 2. The van der Waals surface area contributed by atoms with E-state index in [0.717, 1.165) is 44.3 Å². The van der Waals surface area contributed by atoms with E-state index in [-0.39, 0.29) is 0 Å². The molecule has 0 bridgehead atoms. The van der Waals surface area contributed by atoms with Crippen molar-refractivity contribution in [3.05, 3.63) is 194 Å². The lowest BCUT2D eigenvalue weighted by molar-refractivity contribution is 0.666. The van der Waals surface area contributed by atoms with Crippen molar-refractivity contribution in [3.63, 3.8) is 0 Å². The molecule has 9 aromatic carbocycles. The molecule has 0 unspecified atom stereocenters. The molecule has 256 valence electrons. The number of hydrogen-bond acceptors (Lipinski definition) is 1. The normalized spacial score (nSPS) is 12.0. The Morgan fingerprint density at radius 3 is 1.69 bits per heavy atom. The molecule has 0 N–H and O–H groups in total. The van der Waals surface area contributed by atoms with E-state index >= 15 is 0 Å². The molecule has 12 rings (SSSR count). The number of para-hydroxylation sites is 3. The molecule has 55 heavy (non-hydrogen) atoms. The van der Waals surface area contributed by atoms with Gasteiger partial charge in [-0.15, -0.1) is 0 Å². The van der Waals surface area contributed by atoms with Gasteiger partial charge in [-0.2, -0.15) is 0 Å². The highest BCUT2D eigenvalue weighted by atomic mass is 16.3. The summed E-state index contributed by atoms with van der Waals surface area (Å²) in [7, 11) is 0. The van der Waals surface area contributed by atoms with Crippen LogP contribution in [0, 0.1) is 0 Å². The first-order valence-corrected chi connectivity index (χ1v) is 18.8. The Bertz CT molecular complexity index is 3470. The van der Waals surface area contributed by atoms with Gasteiger partial charge in [0.2, 0.25) is 0 Å². The lowest BCUT2D eigenvalue weighted by Crippen LogP contribution is -1.94. The smallest absolute Gasteiger partial charge is 0.159 e. The second-order valence-corrected chi connectivity index (χ2v) is 14.5. The third-order valence-corrected chi connectivity index (χ3v) is 11.5. The zero-order valence-electron chi connectivity index (χ0n) is 29.8. The van der Waals surface area contributed by atoms with Crippen LogP contribution in [0.15, 0.2) is 199 Å². The van der Waals surface area contributed by atoms with E-state index in [9.17, 15) is 0 Å². The van der Waals surface area contributed by atoms with Gasteiger partial charge in [-0.25, -0.2) is 0 Å². The van der Waals surface area contributed by atoms with Crippen LogP contribution in [0.2, 0.25) is 0 Å². The molecule has 3 nitrogen and oxygen atoms in total. The molecule has 0 atom stereocenters. The lowest BCUT2D eigenvalue weighted by atomic mass is 9.99. The van der Waals surface area contributed by atoms with Crippen molar-refractivity contribution in [2.45, 2.75) is 0 Å². The minimum atomic E-state index is 0.893. The summed E-state index contributed by atoms with van der Waals surface area (Å²) in [6, 6.07) is 70.3. The van der Waals surface area contributed by atoms with Gasteiger partial charge in [-0.3, -0.25) is 0 Å². The summed E-state index contributed by atoms with van der Waals surface area (Å²) in [6.45, 7) is 0. The minimum absolute atomic E-state index is 0.893. The van der Waals surface area contributed by atoms with E-state index in [1.807, 2.05) is 6.07 Å². The van der Waals surface area contributed by atoms with Crippen LogP contribution < -0.4 is 0 Å². The van der Waals surface area contributed by atoms with Gasteiger partial charge in [-0.05, 0) is 99.8 Å². The van der Waals surface area contributed by atoms with E-state index in [0.29, 0.717) is 0 Å². The molecule has 3 aromatic heterocycles. The summed E-state index contributed by atoms with van der Waals surface area (Å²) in [5, 5.41) is 9.65. The van der Waals surface area contributed by atoms with Crippen molar-refractivity contribution >= 4 is 76.3 Å². The van der Waals surface area contributed by atoms with Crippen LogP contribution in [0.5, 0.6) is 0 Å². The Morgan fingerprint density at radius 2 is 0.891 bits per heavy atom. The van der Waals surface area contributed by atoms with Gasteiger partial charge in [0.05, 0.1) is 27.8 Å². The molecule has 3 heteroatoms. The topological polar surface area (TPSA) is 23.0 Å². The maximum Gasteiger partial charge on any atom is 0.159 e. The summed E-state index contributed by atoms with van der Waals surface area (Å²) in [6.07, 6.45) is 0. The third-order valence-electron chi connectivity index (χ3n) is 11.5. The predicted octanol–water partition coefficient (Wildman–Crippen LogP) is 14.3. The van der Waals surface area contributed by atoms with Gasteiger partial charge in [-0.1, -0.05) is 127 Å². The number of rotatable bonds is 4. The number of nitrogens with zero attached hydrogens (tertiary/aromatic N) is 2. The highest BCUT2D eigenvalue weighted by Gasteiger charge is 2.20. The van der Waals surface area contributed by atoms with E-state index in [2.05, 4.69) is 197 Å². The van der Waals surface area contributed by atoms with Crippen LogP contribution in [0.4, 0.5) is 0 Å². The Labute approximate surface area is 316 Å². The molecule has 12 aromatic rings. The SMILES string of the molecule is c1ccc(-c2ccc3c4cc(-c5ccc6c(c5)c5cc7ccccc7cc5n6-c5ccccc5)ccc4n(-c4cccc5c4oc4ccccc45)c3c2)cc1. The highest BCUT2D eigenvalue weighted by molar-refractivity contribution is 6.16. The Balaban J connectivity index is 1.11. The fourth-order valence-corrected chi connectivity index (χ4v) is 8.92. The molecule has 0 aliphatic rings. The quantitative estimate of drug-likeness (QED) is 0.179. The first-order valence-electron chi connectivity index (χ1n) is 18.8. The minimum Gasteiger partial charge on any atom is -0.454 e. The van der Waals surface area contributed by atoms with Crippen LogP contribution in [-0.2, 0) is 0 Å². The van der Waals surface area contributed by atoms with Crippen LogP contribution in [0.1, 0.15) is 0 Å². The van der Waals surface area contributed by atoms with Gasteiger partial charge in [0.15, 0.2) is 5.58 Å². The molecule has 3 heterocycles. The number of benzene rings is 9.